The van der Waals surface area contributed by atoms with E-state index in [2.05, 4.69) is 43.2 Å². The Morgan fingerprint density at radius 3 is 2.71 bits per heavy atom. The van der Waals surface area contributed by atoms with E-state index in [9.17, 15) is 4.79 Å². The molecule has 8 heteroatoms. The molecule has 0 atom stereocenters. The van der Waals surface area contributed by atoms with Gasteiger partial charge in [-0.25, -0.2) is 0 Å². The second kappa shape index (κ2) is 10.4. The number of thiophene rings is 1. The fraction of sp³-hybridized carbons (Fsp3) is 0.350. The molecule has 0 radical (unpaired) electrons. The van der Waals surface area contributed by atoms with Crippen molar-refractivity contribution >= 4 is 29.0 Å². The van der Waals surface area contributed by atoms with Gasteiger partial charge in [-0.3, -0.25) is 9.36 Å². The number of amides is 1. The quantitative estimate of drug-likeness (QED) is 0.405. The normalized spacial score (nSPS) is 11.1. The van der Waals surface area contributed by atoms with Crippen molar-refractivity contribution in [3.8, 4) is 16.4 Å². The van der Waals surface area contributed by atoms with Crippen molar-refractivity contribution in [1.29, 1.82) is 0 Å². The molecule has 6 nitrogen and oxygen atoms in total. The summed E-state index contributed by atoms with van der Waals surface area (Å²) in [5.41, 5.74) is 1.04. The molecular formula is C20H25N5OS2. The first-order valence-corrected chi connectivity index (χ1v) is 11.1. The van der Waals surface area contributed by atoms with E-state index in [1.54, 1.807) is 23.1 Å². The zero-order valence-corrected chi connectivity index (χ0v) is 17.8. The van der Waals surface area contributed by atoms with Crippen molar-refractivity contribution in [2.45, 2.75) is 18.0 Å². The Bertz CT molecular complexity index is 862. The van der Waals surface area contributed by atoms with E-state index in [-0.39, 0.29) is 5.91 Å². The highest BCUT2D eigenvalue weighted by atomic mass is 32.2. The van der Waals surface area contributed by atoms with Crippen LogP contribution in [0.3, 0.4) is 0 Å². The maximum absolute atomic E-state index is 11.9. The summed E-state index contributed by atoms with van der Waals surface area (Å²) < 4.78 is 2.09. The molecule has 148 valence electrons. The van der Waals surface area contributed by atoms with E-state index in [0.717, 1.165) is 40.3 Å². The Morgan fingerprint density at radius 2 is 2.00 bits per heavy atom. The predicted molar refractivity (Wildman–Crippen MR) is 116 cm³/mol. The lowest BCUT2D eigenvalue weighted by atomic mass is 10.3. The first kappa shape index (κ1) is 20.6. The number of nitrogens with zero attached hydrogens (tertiary/aromatic N) is 4. The Labute approximate surface area is 174 Å². The number of aromatic nitrogens is 3. The molecule has 0 bridgehead atoms. The molecule has 0 fully saturated rings. The van der Waals surface area contributed by atoms with Crippen molar-refractivity contribution < 1.29 is 4.79 Å². The summed E-state index contributed by atoms with van der Waals surface area (Å²) in [7, 11) is 3.99. The van der Waals surface area contributed by atoms with Gasteiger partial charge in [-0.15, -0.1) is 21.5 Å². The topological polar surface area (TPSA) is 63.1 Å². The van der Waals surface area contributed by atoms with Gasteiger partial charge in [0, 0.05) is 31.0 Å². The van der Waals surface area contributed by atoms with Crippen molar-refractivity contribution in [2.75, 3.05) is 32.9 Å². The standard InChI is InChI=1S/C20H25N5OS2/c1-24(2)13-12-21-18(26)11-7-15-28-20-23-22-19(17-10-6-14-27-17)25(20)16-8-4-3-5-9-16/h3-6,8-10,14H,7,11-13,15H2,1-2H3,(H,21,26). The van der Waals surface area contributed by atoms with Crippen LogP contribution >= 0.6 is 23.1 Å². The van der Waals surface area contributed by atoms with E-state index >= 15 is 0 Å². The minimum Gasteiger partial charge on any atom is -0.355 e. The number of para-hydroxylation sites is 1. The summed E-state index contributed by atoms with van der Waals surface area (Å²) in [4.78, 5) is 15.1. The molecule has 1 N–H and O–H groups in total. The molecule has 1 amide bonds. The maximum atomic E-state index is 11.9. The van der Waals surface area contributed by atoms with E-state index in [1.165, 1.54) is 0 Å². The third-order valence-electron chi connectivity index (χ3n) is 4.05. The van der Waals surface area contributed by atoms with Gasteiger partial charge in [-0.05, 0) is 44.1 Å². The average molecular weight is 416 g/mol. The largest absolute Gasteiger partial charge is 0.355 e. The lowest BCUT2D eigenvalue weighted by Crippen LogP contribution is -2.31. The summed E-state index contributed by atoms with van der Waals surface area (Å²) in [6.07, 6.45) is 1.33. The van der Waals surface area contributed by atoms with Gasteiger partial charge in [0.05, 0.1) is 4.88 Å². The Balaban J connectivity index is 1.61. The van der Waals surface area contributed by atoms with E-state index in [0.29, 0.717) is 13.0 Å². The number of hydrogen-bond donors (Lipinski definition) is 1. The summed E-state index contributed by atoms with van der Waals surface area (Å²) in [5, 5.41) is 14.7. The number of likely N-dealkylation sites (N-methyl/N-ethyl adjacent to an activating group) is 1. The van der Waals surface area contributed by atoms with Gasteiger partial charge in [0.2, 0.25) is 5.91 Å². The number of benzene rings is 1. The maximum Gasteiger partial charge on any atom is 0.220 e. The molecule has 0 saturated carbocycles. The molecule has 3 rings (SSSR count). The zero-order valence-electron chi connectivity index (χ0n) is 16.2. The SMILES string of the molecule is CN(C)CCNC(=O)CCCSc1nnc(-c2cccs2)n1-c1ccccc1. The van der Waals surface area contributed by atoms with Crippen LogP contribution in [0.15, 0.2) is 53.0 Å². The highest BCUT2D eigenvalue weighted by molar-refractivity contribution is 7.99. The molecular weight excluding hydrogens is 390 g/mol. The van der Waals surface area contributed by atoms with Crippen LogP contribution in [0.1, 0.15) is 12.8 Å². The van der Waals surface area contributed by atoms with Gasteiger partial charge in [0.25, 0.3) is 0 Å². The van der Waals surface area contributed by atoms with Crippen LogP contribution in [0.5, 0.6) is 0 Å². The minimum atomic E-state index is 0.103. The molecule has 0 saturated heterocycles. The van der Waals surface area contributed by atoms with Crippen molar-refractivity contribution in [1.82, 2.24) is 25.0 Å². The van der Waals surface area contributed by atoms with Gasteiger partial charge in [-0.1, -0.05) is 36.0 Å². The second-order valence-electron chi connectivity index (χ2n) is 6.56. The molecule has 3 aromatic rings. The lowest BCUT2D eigenvalue weighted by molar-refractivity contribution is -0.121. The second-order valence-corrected chi connectivity index (χ2v) is 8.57. The van der Waals surface area contributed by atoms with Gasteiger partial charge < -0.3 is 10.2 Å². The summed E-state index contributed by atoms with van der Waals surface area (Å²) in [6, 6.07) is 14.2. The molecule has 0 aliphatic carbocycles. The van der Waals surface area contributed by atoms with Gasteiger partial charge in [0.1, 0.15) is 0 Å². The highest BCUT2D eigenvalue weighted by Crippen LogP contribution is 2.30. The van der Waals surface area contributed by atoms with E-state index in [4.69, 9.17) is 0 Å². The number of thioether (sulfide) groups is 1. The van der Waals surface area contributed by atoms with Gasteiger partial charge >= 0.3 is 0 Å². The first-order valence-electron chi connectivity index (χ1n) is 9.24. The molecule has 2 heterocycles. The number of carbonyl (C=O) groups excluding carboxylic acids is 1. The molecule has 0 aliphatic rings. The van der Waals surface area contributed by atoms with Crippen LogP contribution in [0, 0.1) is 0 Å². The molecule has 1 aromatic carbocycles. The molecule has 2 aromatic heterocycles. The third-order valence-corrected chi connectivity index (χ3v) is 5.93. The first-order chi connectivity index (χ1) is 13.6. The van der Waals surface area contributed by atoms with Crippen LogP contribution in [0.2, 0.25) is 0 Å². The third kappa shape index (κ3) is 5.67. The molecule has 0 aliphatic heterocycles. The average Bonchev–Trinajstić information content (AvgIpc) is 3.35. The van der Waals surface area contributed by atoms with Gasteiger partial charge in [0.15, 0.2) is 11.0 Å². The molecule has 0 spiro atoms. The number of carbonyl (C=O) groups is 1. The molecule has 28 heavy (non-hydrogen) atoms. The van der Waals surface area contributed by atoms with Crippen LogP contribution < -0.4 is 5.32 Å². The highest BCUT2D eigenvalue weighted by Gasteiger charge is 2.16. The van der Waals surface area contributed by atoms with Crippen LogP contribution in [0.25, 0.3) is 16.4 Å². The van der Waals surface area contributed by atoms with Crippen LogP contribution in [-0.2, 0) is 4.79 Å². The van der Waals surface area contributed by atoms with Crippen molar-refractivity contribution in [3.63, 3.8) is 0 Å². The fourth-order valence-electron chi connectivity index (χ4n) is 2.64. The fourth-order valence-corrected chi connectivity index (χ4v) is 4.23. The van der Waals surface area contributed by atoms with Crippen molar-refractivity contribution in [3.05, 3.63) is 47.8 Å². The van der Waals surface area contributed by atoms with Crippen LogP contribution in [0.4, 0.5) is 0 Å². The predicted octanol–water partition coefficient (Wildman–Crippen LogP) is 3.55. The number of hydrogen-bond acceptors (Lipinski definition) is 6. The Hall–Kier alpha value is -2.16. The zero-order chi connectivity index (χ0) is 19.8. The van der Waals surface area contributed by atoms with E-state index in [1.807, 2.05) is 43.7 Å². The van der Waals surface area contributed by atoms with Gasteiger partial charge in [-0.2, -0.15) is 0 Å². The smallest absolute Gasteiger partial charge is 0.220 e. The Morgan fingerprint density at radius 1 is 1.18 bits per heavy atom. The monoisotopic (exact) mass is 415 g/mol. The minimum absolute atomic E-state index is 0.103. The van der Waals surface area contributed by atoms with Crippen LogP contribution in [-0.4, -0.2) is 58.5 Å². The Kier molecular flexibility index (Phi) is 7.64. The lowest BCUT2D eigenvalue weighted by Gasteiger charge is -2.10. The number of nitrogens with one attached hydrogen (secondary N) is 1. The molecule has 0 unspecified atom stereocenters. The summed E-state index contributed by atoms with van der Waals surface area (Å²) >= 11 is 3.29. The summed E-state index contributed by atoms with van der Waals surface area (Å²) in [6.45, 7) is 1.54. The van der Waals surface area contributed by atoms with E-state index < -0.39 is 0 Å². The van der Waals surface area contributed by atoms with Crippen molar-refractivity contribution in [2.24, 2.45) is 0 Å². The summed E-state index contributed by atoms with van der Waals surface area (Å²) in [5.74, 6) is 1.77. The number of rotatable bonds is 10.